The van der Waals surface area contributed by atoms with E-state index in [4.69, 9.17) is 23.7 Å². The largest absolute Gasteiger partial charge is 0.456 e. The van der Waals surface area contributed by atoms with Crippen LogP contribution in [0.5, 0.6) is 0 Å². The lowest BCUT2D eigenvalue weighted by Crippen LogP contribution is -2.60. The van der Waals surface area contributed by atoms with Crippen LogP contribution in [0.1, 0.15) is 49.1 Å². The molecule has 4 aromatic carbocycles. The van der Waals surface area contributed by atoms with Gasteiger partial charge in [0.05, 0.1) is 6.61 Å². The molecule has 1 saturated heterocycles. The summed E-state index contributed by atoms with van der Waals surface area (Å²) in [7, 11) is 0. The Bertz CT molecular complexity index is 1460. The number of benzene rings is 4. The molecule has 5 rings (SSSR count). The van der Waals surface area contributed by atoms with E-state index in [9.17, 15) is 14.4 Å². The Morgan fingerprint density at radius 3 is 1.36 bits per heavy atom. The number of hydrogen-bond acceptors (Lipinski definition) is 8. The van der Waals surface area contributed by atoms with Crippen molar-refractivity contribution in [3.05, 3.63) is 144 Å². The van der Waals surface area contributed by atoms with Gasteiger partial charge in [0.15, 0.2) is 18.3 Å². The first-order valence-electron chi connectivity index (χ1n) is 14.8. The van der Waals surface area contributed by atoms with E-state index in [2.05, 4.69) is 0 Å². The predicted octanol–water partition coefficient (Wildman–Crippen LogP) is 5.93. The monoisotopic (exact) mass is 608 g/mol. The van der Waals surface area contributed by atoms with E-state index in [0.29, 0.717) is 5.56 Å². The second-order valence-electron chi connectivity index (χ2n) is 10.8. The molecule has 0 bridgehead atoms. The minimum absolute atomic E-state index is 0.0927. The average molecular weight is 609 g/mol. The fraction of sp³-hybridized carbons (Fsp3) is 0.270. The zero-order chi connectivity index (χ0) is 31.8. The van der Waals surface area contributed by atoms with Gasteiger partial charge in [-0.05, 0) is 22.3 Å². The van der Waals surface area contributed by atoms with Crippen molar-refractivity contribution in [2.45, 2.75) is 56.9 Å². The van der Waals surface area contributed by atoms with Gasteiger partial charge in [-0.25, -0.2) is 0 Å². The first-order chi connectivity index (χ1) is 21.8. The van der Waals surface area contributed by atoms with Gasteiger partial charge in [-0.15, -0.1) is 0 Å². The Morgan fingerprint density at radius 2 is 0.933 bits per heavy atom. The van der Waals surface area contributed by atoms with Crippen LogP contribution in [0, 0.1) is 0 Å². The number of carbonyl (C=O) groups excluding carboxylic acids is 3. The van der Waals surface area contributed by atoms with Crippen LogP contribution in [0.2, 0.25) is 0 Å². The van der Waals surface area contributed by atoms with E-state index in [1.54, 1.807) is 0 Å². The molecule has 5 atom stereocenters. The van der Waals surface area contributed by atoms with E-state index in [-0.39, 0.29) is 6.61 Å². The summed E-state index contributed by atoms with van der Waals surface area (Å²) < 4.78 is 30.9. The van der Waals surface area contributed by atoms with Crippen LogP contribution in [0.25, 0.3) is 0 Å². The van der Waals surface area contributed by atoms with Crippen molar-refractivity contribution in [1.82, 2.24) is 0 Å². The molecule has 232 valence electrons. The fourth-order valence-electron chi connectivity index (χ4n) is 5.92. The maximum atomic E-state index is 12.5. The van der Waals surface area contributed by atoms with Crippen LogP contribution >= 0.6 is 0 Å². The average Bonchev–Trinajstić information content (AvgIpc) is 3.05. The van der Waals surface area contributed by atoms with Crippen LogP contribution in [-0.4, -0.2) is 48.9 Å². The Hall–Kier alpha value is -4.79. The van der Waals surface area contributed by atoms with Gasteiger partial charge in [0.2, 0.25) is 0 Å². The highest BCUT2D eigenvalue weighted by atomic mass is 16.7. The summed E-state index contributed by atoms with van der Waals surface area (Å²) in [6, 6.07) is 38.7. The first kappa shape index (κ1) is 31.6. The normalized spacial score (nSPS) is 21.4. The summed E-state index contributed by atoms with van der Waals surface area (Å²) in [5.74, 6) is -1.85. The van der Waals surface area contributed by atoms with Gasteiger partial charge >= 0.3 is 17.9 Å². The lowest BCUT2D eigenvalue weighted by atomic mass is 9.80. The molecule has 1 aliphatic rings. The summed E-state index contributed by atoms with van der Waals surface area (Å²) in [4.78, 5) is 37.2. The zero-order valence-electron chi connectivity index (χ0n) is 25.4. The van der Waals surface area contributed by atoms with Crippen LogP contribution in [0.3, 0.4) is 0 Å². The molecule has 45 heavy (non-hydrogen) atoms. The topological polar surface area (TPSA) is 97.4 Å². The van der Waals surface area contributed by atoms with Gasteiger partial charge in [-0.3, -0.25) is 14.4 Å². The van der Waals surface area contributed by atoms with Gasteiger partial charge in [0, 0.05) is 20.8 Å². The first-order valence-corrected chi connectivity index (χ1v) is 14.8. The standard InChI is InChI=1S/C37H36O8/c1-25(38)42-34-32(45-33(28-16-8-4-9-17-28)35(43-26(2)39)36(34)44-27(3)40)24-41-37(29-18-10-5-11-19-29,30-20-12-6-13-21-30)31-22-14-7-15-23-31/h4-23,32-36H,24H2,1-3H3. The van der Waals surface area contributed by atoms with Crippen molar-refractivity contribution < 1.29 is 38.1 Å². The van der Waals surface area contributed by atoms with Gasteiger partial charge in [0.1, 0.15) is 17.8 Å². The number of ether oxygens (including phenoxy) is 5. The zero-order valence-corrected chi connectivity index (χ0v) is 25.4. The van der Waals surface area contributed by atoms with Crippen molar-refractivity contribution in [2.75, 3.05) is 6.61 Å². The highest BCUT2D eigenvalue weighted by molar-refractivity contribution is 5.68. The van der Waals surface area contributed by atoms with Gasteiger partial charge in [-0.2, -0.15) is 0 Å². The highest BCUT2D eigenvalue weighted by Crippen LogP contribution is 2.43. The third-order valence-corrected chi connectivity index (χ3v) is 7.67. The minimum atomic E-state index is -1.18. The summed E-state index contributed by atoms with van der Waals surface area (Å²) in [5.41, 5.74) is 2.20. The Labute approximate surface area is 262 Å². The molecule has 0 aromatic heterocycles. The van der Waals surface area contributed by atoms with Gasteiger partial charge in [-0.1, -0.05) is 121 Å². The Kier molecular flexibility index (Phi) is 10.1. The molecule has 0 spiro atoms. The molecule has 1 heterocycles. The quantitative estimate of drug-likeness (QED) is 0.124. The molecule has 1 fully saturated rings. The van der Waals surface area contributed by atoms with Gasteiger partial charge in [0.25, 0.3) is 0 Å². The van der Waals surface area contributed by atoms with Crippen LogP contribution in [0.4, 0.5) is 0 Å². The van der Waals surface area contributed by atoms with Gasteiger partial charge < -0.3 is 23.7 Å². The molecule has 8 nitrogen and oxygen atoms in total. The SMILES string of the molecule is CC(=O)OC1C(COC(c2ccccc2)(c2ccccc2)c2ccccc2)OC(c2ccccc2)C(OC(C)=O)C1OC(C)=O. The molecule has 0 radical (unpaired) electrons. The number of carbonyl (C=O) groups is 3. The highest BCUT2D eigenvalue weighted by Gasteiger charge is 2.53. The molecular formula is C37H36O8. The summed E-state index contributed by atoms with van der Waals surface area (Å²) in [6.07, 6.45) is -5.24. The van der Waals surface area contributed by atoms with Crippen molar-refractivity contribution in [1.29, 1.82) is 0 Å². The lowest BCUT2D eigenvalue weighted by Gasteiger charge is -2.46. The van der Waals surface area contributed by atoms with Crippen molar-refractivity contribution in [2.24, 2.45) is 0 Å². The number of esters is 3. The molecule has 5 unspecified atom stereocenters. The summed E-state index contributed by atoms with van der Waals surface area (Å²) >= 11 is 0. The molecule has 0 aliphatic carbocycles. The second kappa shape index (κ2) is 14.3. The molecule has 0 N–H and O–H groups in total. The van der Waals surface area contributed by atoms with E-state index >= 15 is 0 Å². The summed E-state index contributed by atoms with van der Waals surface area (Å²) in [6.45, 7) is 3.68. The van der Waals surface area contributed by atoms with Crippen molar-refractivity contribution in [3.8, 4) is 0 Å². The maximum Gasteiger partial charge on any atom is 0.303 e. The van der Waals surface area contributed by atoms with E-state index < -0.39 is 54.0 Å². The van der Waals surface area contributed by atoms with Crippen molar-refractivity contribution >= 4 is 17.9 Å². The minimum Gasteiger partial charge on any atom is -0.456 e. The number of rotatable bonds is 10. The third-order valence-electron chi connectivity index (χ3n) is 7.67. The van der Waals surface area contributed by atoms with E-state index in [1.807, 2.05) is 121 Å². The lowest BCUT2D eigenvalue weighted by molar-refractivity contribution is -0.258. The second-order valence-corrected chi connectivity index (χ2v) is 10.8. The number of hydrogen-bond donors (Lipinski definition) is 0. The summed E-state index contributed by atoms with van der Waals surface area (Å²) in [5, 5.41) is 0. The fourth-order valence-corrected chi connectivity index (χ4v) is 5.92. The van der Waals surface area contributed by atoms with Crippen molar-refractivity contribution in [3.63, 3.8) is 0 Å². The smallest absolute Gasteiger partial charge is 0.303 e. The van der Waals surface area contributed by atoms with Crippen LogP contribution < -0.4 is 0 Å². The molecule has 4 aromatic rings. The molecule has 0 saturated carbocycles. The molecular weight excluding hydrogens is 572 g/mol. The Balaban J connectivity index is 1.63. The molecule has 1 aliphatic heterocycles. The predicted molar refractivity (Wildman–Crippen MR) is 166 cm³/mol. The van der Waals surface area contributed by atoms with Crippen LogP contribution in [0.15, 0.2) is 121 Å². The van der Waals surface area contributed by atoms with Crippen LogP contribution in [-0.2, 0) is 43.7 Å². The maximum absolute atomic E-state index is 12.5. The molecule has 0 amide bonds. The van der Waals surface area contributed by atoms with E-state index in [0.717, 1.165) is 16.7 Å². The third kappa shape index (κ3) is 7.14. The Morgan fingerprint density at radius 1 is 0.556 bits per heavy atom. The molecule has 8 heteroatoms. The van der Waals surface area contributed by atoms with E-state index in [1.165, 1.54) is 20.8 Å².